The van der Waals surface area contributed by atoms with Crippen molar-refractivity contribution in [3.63, 3.8) is 0 Å². The fraction of sp³-hybridized carbons (Fsp3) is 0.250. The molecular weight excluding hydrogens is 373 g/mol. The Kier molecular flexibility index (Phi) is 4.88. The Balaban J connectivity index is 2.17. The summed E-state index contributed by atoms with van der Waals surface area (Å²) in [6.45, 7) is 1.62. The minimum absolute atomic E-state index is 0.0334. The van der Waals surface area contributed by atoms with Crippen LogP contribution in [0.5, 0.6) is 0 Å². The van der Waals surface area contributed by atoms with E-state index in [2.05, 4.69) is 9.97 Å². The second kappa shape index (κ2) is 6.80. The molecule has 132 valence electrons. The molecule has 0 N–H and O–H groups in total. The SMILES string of the molecule is CCS(=O)c1cc(C(F)(F)F)cnc1-c1nc2cc(SC)ccc2o1. The van der Waals surface area contributed by atoms with E-state index in [0.717, 1.165) is 11.0 Å². The lowest BCUT2D eigenvalue weighted by atomic mass is 10.2. The Morgan fingerprint density at radius 3 is 2.68 bits per heavy atom. The monoisotopic (exact) mass is 386 g/mol. The molecule has 0 saturated carbocycles. The van der Waals surface area contributed by atoms with Gasteiger partial charge in [-0.2, -0.15) is 13.2 Å². The van der Waals surface area contributed by atoms with Crippen LogP contribution in [0.2, 0.25) is 0 Å². The van der Waals surface area contributed by atoms with Crippen LogP contribution in [0.4, 0.5) is 13.2 Å². The molecule has 9 heteroatoms. The summed E-state index contributed by atoms with van der Waals surface area (Å²) in [4.78, 5) is 9.09. The van der Waals surface area contributed by atoms with Gasteiger partial charge in [0.1, 0.15) is 11.2 Å². The summed E-state index contributed by atoms with van der Waals surface area (Å²) < 4.78 is 56.7. The first kappa shape index (κ1) is 17.9. The van der Waals surface area contributed by atoms with Crippen molar-refractivity contribution in [2.24, 2.45) is 0 Å². The molecule has 0 aliphatic heterocycles. The van der Waals surface area contributed by atoms with Crippen LogP contribution in [-0.2, 0) is 17.0 Å². The summed E-state index contributed by atoms with van der Waals surface area (Å²) in [5.74, 6) is 0.214. The van der Waals surface area contributed by atoms with Crippen LogP contribution in [0.15, 0.2) is 44.7 Å². The van der Waals surface area contributed by atoms with E-state index in [1.54, 1.807) is 13.0 Å². The van der Waals surface area contributed by atoms with Gasteiger partial charge >= 0.3 is 6.18 Å². The van der Waals surface area contributed by atoms with E-state index in [1.807, 2.05) is 18.4 Å². The van der Waals surface area contributed by atoms with Gasteiger partial charge in [-0.25, -0.2) is 9.97 Å². The average molecular weight is 386 g/mol. The average Bonchev–Trinajstić information content (AvgIpc) is 3.02. The van der Waals surface area contributed by atoms with Crippen molar-refractivity contribution in [1.29, 1.82) is 0 Å². The molecule has 1 unspecified atom stereocenters. The molecule has 3 rings (SSSR count). The molecule has 0 amide bonds. The van der Waals surface area contributed by atoms with Gasteiger partial charge in [-0.1, -0.05) is 6.92 Å². The smallest absolute Gasteiger partial charge is 0.417 e. The fourth-order valence-electron chi connectivity index (χ4n) is 2.22. The molecule has 0 aliphatic rings. The maximum Gasteiger partial charge on any atom is 0.417 e. The predicted molar refractivity (Wildman–Crippen MR) is 91.0 cm³/mol. The van der Waals surface area contributed by atoms with Gasteiger partial charge in [-0.15, -0.1) is 11.8 Å². The highest BCUT2D eigenvalue weighted by Crippen LogP contribution is 2.34. The molecule has 0 bridgehead atoms. The number of nitrogens with zero attached hydrogens (tertiary/aromatic N) is 2. The third-order valence-electron chi connectivity index (χ3n) is 3.48. The Labute approximate surface area is 148 Å². The molecule has 0 fully saturated rings. The number of alkyl halides is 3. The van der Waals surface area contributed by atoms with Crippen molar-refractivity contribution in [2.45, 2.75) is 22.9 Å². The minimum atomic E-state index is -4.56. The summed E-state index contributed by atoms with van der Waals surface area (Å²) in [5.41, 5.74) is 0.170. The molecule has 1 aromatic carbocycles. The van der Waals surface area contributed by atoms with Crippen LogP contribution >= 0.6 is 11.8 Å². The number of hydrogen-bond acceptors (Lipinski definition) is 5. The van der Waals surface area contributed by atoms with E-state index >= 15 is 0 Å². The van der Waals surface area contributed by atoms with E-state index in [-0.39, 0.29) is 22.2 Å². The molecule has 0 aliphatic carbocycles. The molecule has 1 atom stereocenters. The number of benzene rings is 1. The summed E-state index contributed by atoms with van der Waals surface area (Å²) in [6, 6.07) is 6.25. The number of fused-ring (bicyclic) bond motifs is 1. The highest BCUT2D eigenvalue weighted by molar-refractivity contribution is 7.98. The molecule has 0 saturated heterocycles. The number of hydrogen-bond donors (Lipinski definition) is 0. The van der Waals surface area contributed by atoms with Crippen LogP contribution in [0, 0.1) is 0 Å². The lowest BCUT2D eigenvalue weighted by molar-refractivity contribution is -0.138. The molecule has 25 heavy (non-hydrogen) atoms. The summed E-state index contributed by atoms with van der Waals surface area (Å²) in [5, 5.41) is 0. The van der Waals surface area contributed by atoms with Gasteiger partial charge in [0.15, 0.2) is 5.58 Å². The van der Waals surface area contributed by atoms with Crippen LogP contribution in [0.1, 0.15) is 12.5 Å². The quantitative estimate of drug-likeness (QED) is 0.605. The number of aromatic nitrogens is 2. The summed E-state index contributed by atoms with van der Waals surface area (Å²) in [6.07, 6.45) is -1.94. The van der Waals surface area contributed by atoms with Gasteiger partial charge in [0, 0.05) is 16.8 Å². The second-order valence-electron chi connectivity index (χ2n) is 5.06. The van der Waals surface area contributed by atoms with Gasteiger partial charge in [0.05, 0.1) is 21.3 Å². The zero-order valence-corrected chi connectivity index (χ0v) is 14.9. The van der Waals surface area contributed by atoms with Gasteiger partial charge in [0.25, 0.3) is 0 Å². The first-order chi connectivity index (χ1) is 11.8. The zero-order chi connectivity index (χ0) is 18.2. The highest BCUT2D eigenvalue weighted by Gasteiger charge is 2.33. The standard InChI is InChI=1S/C16H13F3N2O2S2/c1-3-25(22)13-6-9(16(17,18)19)8-20-14(13)15-21-11-7-10(24-2)4-5-12(11)23-15/h4-8H,3H2,1-2H3. The van der Waals surface area contributed by atoms with E-state index in [9.17, 15) is 17.4 Å². The normalized spacial score (nSPS) is 13.3. The maximum atomic E-state index is 12.9. The van der Waals surface area contributed by atoms with E-state index in [4.69, 9.17) is 4.42 Å². The minimum Gasteiger partial charge on any atom is -0.435 e. The first-order valence-electron chi connectivity index (χ1n) is 7.24. The lowest BCUT2D eigenvalue weighted by Gasteiger charge is -2.10. The Bertz CT molecular complexity index is 954. The van der Waals surface area contributed by atoms with E-state index in [1.165, 1.54) is 11.8 Å². The molecule has 4 nitrogen and oxygen atoms in total. The van der Waals surface area contributed by atoms with Gasteiger partial charge < -0.3 is 4.42 Å². The predicted octanol–water partition coefficient (Wildman–Crippen LogP) is 4.76. The molecule has 0 spiro atoms. The van der Waals surface area contributed by atoms with Crippen molar-refractivity contribution in [3.05, 3.63) is 36.0 Å². The number of thioether (sulfide) groups is 1. The highest BCUT2D eigenvalue weighted by atomic mass is 32.2. The number of pyridine rings is 1. The molecule has 0 radical (unpaired) electrons. The van der Waals surface area contributed by atoms with E-state index in [0.29, 0.717) is 17.3 Å². The van der Waals surface area contributed by atoms with Crippen LogP contribution in [0.25, 0.3) is 22.7 Å². The van der Waals surface area contributed by atoms with Crippen molar-refractivity contribution < 1.29 is 21.8 Å². The largest absolute Gasteiger partial charge is 0.435 e. The van der Waals surface area contributed by atoms with Crippen molar-refractivity contribution in [2.75, 3.05) is 12.0 Å². The van der Waals surface area contributed by atoms with Crippen LogP contribution in [0.3, 0.4) is 0 Å². The molecule has 3 aromatic rings. The van der Waals surface area contributed by atoms with Crippen LogP contribution < -0.4 is 0 Å². The Morgan fingerprint density at radius 1 is 1.28 bits per heavy atom. The fourth-order valence-corrected chi connectivity index (χ4v) is 3.58. The van der Waals surface area contributed by atoms with Gasteiger partial charge in [0.2, 0.25) is 5.89 Å². The van der Waals surface area contributed by atoms with Crippen molar-refractivity contribution in [3.8, 4) is 11.6 Å². The summed E-state index contributed by atoms with van der Waals surface area (Å²) in [7, 11) is -1.64. The first-order valence-corrected chi connectivity index (χ1v) is 9.78. The molecular formula is C16H13F3N2O2S2. The summed E-state index contributed by atoms with van der Waals surface area (Å²) >= 11 is 1.53. The Hall–Kier alpha value is -1.87. The number of oxazole rings is 1. The zero-order valence-electron chi connectivity index (χ0n) is 13.3. The van der Waals surface area contributed by atoms with Crippen LogP contribution in [-0.4, -0.2) is 26.2 Å². The topological polar surface area (TPSA) is 56.0 Å². The molecule has 2 aromatic heterocycles. The van der Waals surface area contributed by atoms with Crippen molar-refractivity contribution >= 4 is 33.7 Å². The van der Waals surface area contributed by atoms with E-state index < -0.39 is 22.5 Å². The Morgan fingerprint density at radius 2 is 2.04 bits per heavy atom. The maximum absolute atomic E-state index is 12.9. The number of halogens is 3. The van der Waals surface area contributed by atoms with Crippen molar-refractivity contribution in [1.82, 2.24) is 9.97 Å². The lowest BCUT2D eigenvalue weighted by Crippen LogP contribution is -2.09. The number of rotatable bonds is 4. The third kappa shape index (κ3) is 3.57. The third-order valence-corrected chi connectivity index (χ3v) is 5.54. The second-order valence-corrected chi connectivity index (χ2v) is 7.64. The van der Waals surface area contributed by atoms with Gasteiger partial charge in [-0.3, -0.25) is 4.21 Å². The molecule has 2 heterocycles. The van der Waals surface area contributed by atoms with Gasteiger partial charge in [-0.05, 0) is 30.5 Å².